The van der Waals surface area contributed by atoms with Crippen LogP contribution in [0.5, 0.6) is 0 Å². The molecule has 2 fully saturated rings. The average molecular weight is 292 g/mol. The lowest BCUT2D eigenvalue weighted by Crippen LogP contribution is -2.44. The zero-order valence-electron chi connectivity index (χ0n) is 12.1. The highest BCUT2D eigenvalue weighted by atomic mass is 19.1. The molecule has 1 aliphatic heterocycles. The van der Waals surface area contributed by atoms with Gasteiger partial charge in [-0.1, -0.05) is 12.1 Å². The summed E-state index contributed by atoms with van der Waals surface area (Å²) in [5, 5.41) is 3.00. The molecule has 1 saturated carbocycles. The van der Waals surface area contributed by atoms with E-state index in [9.17, 15) is 9.18 Å². The Kier molecular flexibility index (Phi) is 4.39. The fraction of sp³-hybridized carbons (Fsp3) is 0.562. The van der Waals surface area contributed by atoms with Crippen LogP contribution in [0, 0.1) is 5.82 Å². The molecule has 1 N–H and O–H groups in total. The van der Waals surface area contributed by atoms with Gasteiger partial charge in [-0.15, -0.1) is 0 Å². The Labute approximate surface area is 124 Å². The molecule has 1 aromatic carbocycles. The van der Waals surface area contributed by atoms with E-state index in [0.717, 1.165) is 37.9 Å². The summed E-state index contributed by atoms with van der Waals surface area (Å²) < 4.78 is 18.9. The van der Waals surface area contributed by atoms with Gasteiger partial charge in [-0.2, -0.15) is 0 Å². The van der Waals surface area contributed by atoms with Crippen molar-refractivity contribution < 1.29 is 13.9 Å². The van der Waals surface area contributed by atoms with Crippen molar-refractivity contribution in [2.24, 2.45) is 0 Å². The number of amides is 2. The summed E-state index contributed by atoms with van der Waals surface area (Å²) in [6.07, 6.45) is 4.24. The van der Waals surface area contributed by atoms with Gasteiger partial charge in [-0.3, -0.25) is 0 Å². The Morgan fingerprint density at radius 2 is 2.24 bits per heavy atom. The Bertz CT molecular complexity index is 499. The van der Waals surface area contributed by atoms with Gasteiger partial charge in [0.05, 0.1) is 6.10 Å². The molecule has 0 radical (unpaired) electrons. The molecule has 1 aromatic rings. The molecular formula is C16H21FN2O2. The van der Waals surface area contributed by atoms with Gasteiger partial charge < -0.3 is 15.0 Å². The molecule has 1 saturated heterocycles. The lowest BCUT2D eigenvalue weighted by atomic mass is 10.2. The van der Waals surface area contributed by atoms with E-state index < -0.39 is 0 Å². The van der Waals surface area contributed by atoms with Gasteiger partial charge in [0.15, 0.2) is 0 Å². The van der Waals surface area contributed by atoms with Crippen molar-refractivity contribution >= 4 is 6.03 Å². The molecule has 114 valence electrons. The van der Waals surface area contributed by atoms with Gasteiger partial charge in [0.25, 0.3) is 0 Å². The van der Waals surface area contributed by atoms with Crippen LogP contribution >= 0.6 is 0 Å². The minimum Gasteiger partial charge on any atom is -0.376 e. The summed E-state index contributed by atoms with van der Waals surface area (Å²) in [6, 6.07) is 6.66. The van der Waals surface area contributed by atoms with Crippen LogP contribution in [0.15, 0.2) is 24.3 Å². The summed E-state index contributed by atoms with van der Waals surface area (Å²) in [5.74, 6) is -0.271. The fourth-order valence-electron chi connectivity index (χ4n) is 2.60. The van der Waals surface area contributed by atoms with Gasteiger partial charge in [-0.05, 0) is 43.4 Å². The van der Waals surface area contributed by atoms with Crippen LogP contribution in [-0.4, -0.2) is 36.2 Å². The zero-order valence-corrected chi connectivity index (χ0v) is 12.1. The Morgan fingerprint density at radius 1 is 1.38 bits per heavy atom. The minimum atomic E-state index is -0.271. The topological polar surface area (TPSA) is 41.6 Å². The maximum atomic E-state index is 13.3. The van der Waals surface area contributed by atoms with E-state index in [1.165, 1.54) is 12.1 Å². The quantitative estimate of drug-likeness (QED) is 0.906. The summed E-state index contributed by atoms with van der Waals surface area (Å²) in [7, 11) is 0. The van der Waals surface area contributed by atoms with E-state index >= 15 is 0 Å². The third kappa shape index (κ3) is 4.17. The van der Waals surface area contributed by atoms with Crippen LogP contribution < -0.4 is 5.32 Å². The number of rotatable bonds is 5. The predicted molar refractivity (Wildman–Crippen MR) is 77.3 cm³/mol. The molecule has 0 aromatic heterocycles. The number of halogens is 1. The van der Waals surface area contributed by atoms with Crippen molar-refractivity contribution in [1.82, 2.24) is 10.2 Å². The van der Waals surface area contributed by atoms with Gasteiger partial charge >= 0.3 is 6.03 Å². The number of benzene rings is 1. The van der Waals surface area contributed by atoms with Crippen LogP contribution in [0.2, 0.25) is 0 Å². The number of carbonyl (C=O) groups excluding carboxylic acids is 1. The maximum absolute atomic E-state index is 13.3. The van der Waals surface area contributed by atoms with Crippen LogP contribution in [-0.2, 0) is 11.3 Å². The molecule has 3 rings (SSSR count). The number of nitrogens with one attached hydrogen (secondary N) is 1. The van der Waals surface area contributed by atoms with E-state index in [-0.39, 0.29) is 18.0 Å². The fourth-order valence-corrected chi connectivity index (χ4v) is 2.60. The van der Waals surface area contributed by atoms with Crippen molar-refractivity contribution in [2.45, 2.75) is 44.4 Å². The van der Waals surface area contributed by atoms with Crippen LogP contribution in [0.25, 0.3) is 0 Å². The summed E-state index contributed by atoms with van der Waals surface area (Å²) in [4.78, 5) is 14.1. The van der Waals surface area contributed by atoms with E-state index in [4.69, 9.17) is 4.74 Å². The third-order valence-corrected chi connectivity index (χ3v) is 3.90. The number of urea groups is 1. The first-order chi connectivity index (χ1) is 10.2. The molecule has 2 aliphatic rings. The second kappa shape index (κ2) is 6.43. The van der Waals surface area contributed by atoms with E-state index in [0.29, 0.717) is 19.1 Å². The van der Waals surface area contributed by atoms with Crippen molar-refractivity contribution in [3.05, 3.63) is 35.6 Å². The van der Waals surface area contributed by atoms with E-state index in [2.05, 4.69) is 5.32 Å². The van der Waals surface area contributed by atoms with Crippen LogP contribution in [0.3, 0.4) is 0 Å². The SMILES string of the molecule is O=C(NC1CC1)N(Cc1cccc(F)c1)C[C@H]1CCCO1. The van der Waals surface area contributed by atoms with E-state index in [1.54, 1.807) is 11.0 Å². The number of hydrogen-bond acceptors (Lipinski definition) is 2. The molecule has 0 spiro atoms. The average Bonchev–Trinajstić information content (AvgIpc) is 3.12. The Hall–Kier alpha value is -1.62. The monoisotopic (exact) mass is 292 g/mol. The minimum absolute atomic E-state index is 0.0720. The first-order valence-electron chi connectivity index (χ1n) is 7.62. The molecule has 0 bridgehead atoms. The number of ether oxygens (including phenoxy) is 1. The molecule has 4 nitrogen and oxygen atoms in total. The van der Waals surface area contributed by atoms with Crippen molar-refractivity contribution in [1.29, 1.82) is 0 Å². The lowest BCUT2D eigenvalue weighted by molar-refractivity contribution is 0.0794. The molecule has 2 amide bonds. The summed E-state index contributed by atoms with van der Waals surface area (Å²) >= 11 is 0. The molecule has 5 heteroatoms. The second-order valence-electron chi connectivity index (χ2n) is 5.87. The van der Waals surface area contributed by atoms with E-state index in [1.807, 2.05) is 6.07 Å². The van der Waals surface area contributed by atoms with Gasteiger partial charge in [0.1, 0.15) is 5.82 Å². The highest BCUT2D eigenvalue weighted by Crippen LogP contribution is 2.20. The number of hydrogen-bond donors (Lipinski definition) is 1. The summed E-state index contributed by atoms with van der Waals surface area (Å²) in [6.45, 7) is 1.74. The normalized spacial score (nSPS) is 21.3. The molecule has 21 heavy (non-hydrogen) atoms. The lowest BCUT2D eigenvalue weighted by Gasteiger charge is -2.26. The summed E-state index contributed by atoms with van der Waals surface area (Å²) in [5.41, 5.74) is 0.805. The standard InChI is InChI=1S/C16H21FN2O2/c17-13-4-1-3-12(9-13)10-19(11-15-5-2-8-21-15)16(20)18-14-6-7-14/h1,3-4,9,14-15H,2,5-8,10-11H2,(H,18,20)/t15-/m1/s1. The molecular weight excluding hydrogens is 271 g/mol. The van der Waals surface area contributed by atoms with Crippen molar-refractivity contribution in [3.63, 3.8) is 0 Å². The highest BCUT2D eigenvalue weighted by Gasteiger charge is 2.28. The second-order valence-corrected chi connectivity index (χ2v) is 5.87. The zero-order chi connectivity index (χ0) is 14.7. The van der Waals surface area contributed by atoms with Crippen LogP contribution in [0.1, 0.15) is 31.2 Å². The number of nitrogens with zero attached hydrogens (tertiary/aromatic N) is 1. The first-order valence-corrected chi connectivity index (χ1v) is 7.62. The first kappa shape index (κ1) is 14.3. The number of carbonyl (C=O) groups is 1. The van der Waals surface area contributed by atoms with Crippen LogP contribution in [0.4, 0.5) is 9.18 Å². The molecule has 0 unspecified atom stereocenters. The largest absolute Gasteiger partial charge is 0.376 e. The third-order valence-electron chi connectivity index (χ3n) is 3.90. The van der Waals surface area contributed by atoms with Gasteiger partial charge in [0, 0.05) is 25.7 Å². The van der Waals surface area contributed by atoms with Gasteiger partial charge in [-0.25, -0.2) is 9.18 Å². The Morgan fingerprint density at radius 3 is 2.90 bits per heavy atom. The maximum Gasteiger partial charge on any atom is 0.318 e. The molecule has 1 aliphatic carbocycles. The molecule has 1 atom stereocenters. The highest BCUT2D eigenvalue weighted by molar-refractivity contribution is 5.75. The van der Waals surface area contributed by atoms with Gasteiger partial charge in [0.2, 0.25) is 0 Å². The molecule has 1 heterocycles. The van der Waals surface area contributed by atoms with Crippen molar-refractivity contribution in [3.8, 4) is 0 Å². The smallest absolute Gasteiger partial charge is 0.318 e. The van der Waals surface area contributed by atoms with Crippen molar-refractivity contribution in [2.75, 3.05) is 13.2 Å². The predicted octanol–water partition coefficient (Wildman–Crippen LogP) is 2.68. The Balaban J connectivity index is 1.65.